The fourth-order valence-electron chi connectivity index (χ4n) is 3.62. The molecule has 9 nitrogen and oxygen atoms in total. The van der Waals surface area contributed by atoms with Crippen molar-refractivity contribution in [3.63, 3.8) is 0 Å². The number of hydrogen-bond acceptors (Lipinski definition) is 5. The summed E-state index contributed by atoms with van der Waals surface area (Å²) < 4.78 is 15.3. The zero-order valence-electron chi connectivity index (χ0n) is 18.3. The molecule has 0 aliphatic carbocycles. The second-order valence-electron chi connectivity index (χ2n) is 7.33. The summed E-state index contributed by atoms with van der Waals surface area (Å²) in [4.78, 5) is 58.1. The number of hydrogen-bond donors (Lipinski definition) is 2. The average Bonchev–Trinajstić information content (AvgIpc) is 2.85. The average molecular weight is 461 g/mol. The minimum Gasteiger partial charge on any atom is -0.355 e. The van der Waals surface area contributed by atoms with Gasteiger partial charge in [0.25, 0.3) is 17.4 Å². The Morgan fingerprint density at radius 2 is 1.82 bits per heavy atom. The number of aromatic nitrogens is 3. The molecule has 2 aromatic carbocycles. The van der Waals surface area contributed by atoms with E-state index in [1.807, 2.05) is 0 Å². The van der Waals surface area contributed by atoms with Gasteiger partial charge in [0.2, 0.25) is 5.95 Å². The van der Waals surface area contributed by atoms with Gasteiger partial charge in [-0.25, -0.2) is 9.78 Å². The van der Waals surface area contributed by atoms with Gasteiger partial charge < -0.3 is 10.3 Å². The predicted octanol–water partition coefficient (Wildman–Crippen LogP) is 2.58. The second-order valence-corrected chi connectivity index (χ2v) is 7.33. The van der Waals surface area contributed by atoms with E-state index in [9.17, 15) is 23.6 Å². The Hall–Kier alpha value is -4.60. The molecule has 10 heteroatoms. The Balaban J connectivity index is 1.95. The lowest BCUT2D eigenvalue weighted by atomic mass is 10.1. The predicted molar refractivity (Wildman–Crippen MR) is 125 cm³/mol. The van der Waals surface area contributed by atoms with Crippen molar-refractivity contribution in [2.45, 2.75) is 13.5 Å². The summed E-state index contributed by atoms with van der Waals surface area (Å²) in [5.74, 6) is -2.18. The maximum Gasteiger partial charge on any atom is 0.328 e. The number of anilines is 2. The number of H-pyrrole nitrogens is 1. The third-order valence-electron chi connectivity index (χ3n) is 5.32. The van der Waals surface area contributed by atoms with Crippen LogP contribution in [0, 0.1) is 5.95 Å². The van der Waals surface area contributed by atoms with Crippen molar-refractivity contribution < 1.29 is 14.0 Å². The van der Waals surface area contributed by atoms with Crippen molar-refractivity contribution in [2.24, 2.45) is 0 Å². The lowest BCUT2D eigenvalue weighted by Gasteiger charge is -2.24. The molecule has 0 saturated carbocycles. The molecular weight excluding hydrogens is 441 g/mol. The first-order valence-electron chi connectivity index (χ1n) is 10.4. The van der Waals surface area contributed by atoms with Crippen LogP contribution in [0.15, 0.2) is 70.4 Å². The van der Waals surface area contributed by atoms with Gasteiger partial charge in [-0.2, -0.15) is 4.39 Å². The second kappa shape index (κ2) is 9.10. The molecule has 2 amide bonds. The molecular formula is C24H20FN5O4. The van der Waals surface area contributed by atoms with E-state index in [1.54, 1.807) is 37.3 Å². The first-order chi connectivity index (χ1) is 16.3. The number of nitrogens with one attached hydrogen (secondary N) is 2. The molecule has 0 fully saturated rings. The third-order valence-corrected chi connectivity index (χ3v) is 5.32. The van der Waals surface area contributed by atoms with E-state index in [2.05, 4.69) is 15.3 Å². The SMILES string of the molecule is CCn1c(=O)[nH]c2cc(N(C(=O)c3ccccc3)c3cnc(F)c(C(=O)NC)c3)ccc2c1=O. The Morgan fingerprint density at radius 1 is 1.09 bits per heavy atom. The molecule has 2 N–H and O–H groups in total. The fraction of sp³-hybridized carbons (Fsp3) is 0.125. The largest absolute Gasteiger partial charge is 0.355 e. The topological polar surface area (TPSA) is 117 Å². The summed E-state index contributed by atoms with van der Waals surface area (Å²) in [6.45, 7) is 1.89. The van der Waals surface area contributed by atoms with Gasteiger partial charge in [-0.15, -0.1) is 0 Å². The van der Waals surface area contributed by atoms with Gasteiger partial charge >= 0.3 is 5.69 Å². The number of carbonyl (C=O) groups is 2. The number of fused-ring (bicyclic) bond motifs is 1. The summed E-state index contributed by atoms with van der Waals surface area (Å²) >= 11 is 0. The summed E-state index contributed by atoms with van der Waals surface area (Å²) in [6, 6.07) is 14.1. The first kappa shape index (κ1) is 22.6. The zero-order valence-corrected chi connectivity index (χ0v) is 18.3. The molecule has 2 heterocycles. The number of nitrogens with zero attached hydrogens (tertiary/aromatic N) is 3. The van der Waals surface area contributed by atoms with Crippen LogP contribution in [0.25, 0.3) is 10.9 Å². The standard InChI is InChI=1S/C24H20FN5O4/c1-3-29-23(33)17-10-9-15(12-19(17)28-24(29)34)30(22(32)14-7-5-4-6-8-14)16-11-18(21(31)26-2)20(25)27-13-16/h4-13H,3H2,1-2H3,(H,26,31)(H,28,34). The van der Waals surface area contributed by atoms with Crippen molar-refractivity contribution >= 4 is 34.1 Å². The summed E-state index contributed by atoms with van der Waals surface area (Å²) in [7, 11) is 1.35. The van der Waals surface area contributed by atoms with E-state index < -0.39 is 29.0 Å². The van der Waals surface area contributed by atoms with E-state index in [0.717, 1.165) is 10.8 Å². The Morgan fingerprint density at radius 3 is 2.50 bits per heavy atom. The van der Waals surface area contributed by atoms with Gasteiger partial charge in [-0.3, -0.25) is 23.9 Å². The molecule has 4 aromatic rings. The van der Waals surface area contributed by atoms with Crippen LogP contribution >= 0.6 is 0 Å². The van der Waals surface area contributed by atoms with Crippen LogP contribution in [0.3, 0.4) is 0 Å². The number of carbonyl (C=O) groups excluding carboxylic acids is 2. The van der Waals surface area contributed by atoms with E-state index in [4.69, 9.17) is 0 Å². The molecule has 4 rings (SSSR count). The monoisotopic (exact) mass is 461 g/mol. The highest BCUT2D eigenvalue weighted by molar-refractivity contribution is 6.12. The molecule has 0 atom stereocenters. The van der Waals surface area contributed by atoms with E-state index in [1.165, 1.54) is 36.2 Å². The highest BCUT2D eigenvalue weighted by Crippen LogP contribution is 2.30. The van der Waals surface area contributed by atoms with Crippen LogP contribution in [0.5, 0.6) is 0 Å². The van der Waals surface area contributed by atoms with Crippen molar-refractivity contribution in [1.82, 2.24) is 19.9 Å². The van der Waals surface area contributed by atoms with Crippen LogP contribution in [-0.4, -0.2) is 33.4 Å². The third kappa shape index (κ3) is 3.96. The molecule has 34 heavy (non-hydrogen) atoms. The van der Waals surface area contributed by atoms with Crippen molar-refractivity contribution in [2.75, 3.05) is 11.9 Å². The van der Waals surface area contributed by atoms with Crippen LogP contribution in [0.1, 0.15) is 27.6 Å². The minimum atomic E-state index is -0.988. The molecule has 172 valence electrons. The molecule has 0 saturated heterocycles. The molecule has 2 aromatic heterocycles. The Labute approximate surface area is 192 Å². The van der Waals surface area contributed by atoms with Gasteiger partial charge in [0, 0.05) is 19.2 Å². The molecule has 0 spiro atoms. The fourth-order valence-corrected chi connectivity index (χ4v) is 3.62. The highest BCUT2D eigenvalue weighted by Gasteiger charge is 2.24. The zero-order chi connectivity index (χ0) is 24.4. The number of benzene rings is 2. The number of aromatic amines is 1. The van der Waals surface area contributed by atoms with Gasteiger partial charge in [-0.1, -0.05) is 18.2 Å². The van der Waals surface area contributed by atoms with Gasteiger partial charge in [0.1, 0.15) is 0 Å². The molecule has 0 aliphatic rings. The lowest BCUT2D eigenvalue weighted by molar-refractivity contribution is 0.0955. The van der Waals surface area contributed by atoms with Gasteiger partial charge in [0.05, 0.1) is 34.0 Å². The van der Waals surface area contributed by atoms with E-state index in [0.29, 0.717) is 5.56 Å². The van der Waals surface area contributed by atoms with Crippen molar-refractivity contribution in [3.05, 3.63) is 98.7 Å². The number of halogens is 1. The molecule has 0 aliphatic heterocycles. The Bertz CT molecular complexity index is 1530. The summed E-state index contributed by atoms with van der Waals surface area (Å²) in [5.41, 5.74) is -0.430. The molecule has 0 unspecified atom stereocenters. The molecule has 0 radical (unpaired) electrons. The van der Waals surface area contributed by atoms with E-state index >= 15 is 0 Å². The quantitative estimate of drug-likeness (QED) is 0.443. The van der Waals surface area contributed by atoms with E-state index in [-0.39, 0.29) is 34.4 Å². The number of amides is 2. The molecule has 0 bridgehead atoms. The maximum atomic E-state index is 14.2. The van der Waals surface area contributed by atoms with Crippen LogP contribution in [0.2, 0.25) is 0 Å². The maximum absolute atomic E-state index is 14.2. The number of rotatable bonds is 5. The summed E-state index contributed by atoms with van der Waals surface area (Å²) in [5, 5.41) is 2.60. The first-order valence-corrected chi connectivity index (χ1v) is 10.4. The smallest absolute Gasteiger partial charge is 0.328 e. The van der Waals surface area contributed by atoms with Crippen LogP contribution in [0.4, 0.5) is 15.8 Å². The van der Waals surface area contributed by atoms with Gasteiger partial charge in [-0.05, 0) is 43.3 Å². The summed E-state index contributed by atoms with van der Waals surface area (Å²) in [6.07, 6.45) is 1.13. The van der Waals surface area contributed by atoms with Gasteiger partial charge in [0.15, 0.2) is 0 Å². The number of pyridine rings is 1. The minimum absolute atomic E-state index is 0.123. The van der Waals surface area contributed by atoms with Crippen molar-refractivity contribution in [1.29, 1.82) is 0 Å². The lowest BCUT2D eigenvalue weighted by Crippen LogP contribution is -2.34. The highest BCUT2D eigenvalue weighted by atomic mass is 19.1. The Kier molecular flexibility index (Phi) is 6.05. The van der Waals surface area contributed by atoms with Crippen LogP contribution < -0.4 is 21.5 Å². The van der Waals surface area contributed by atoms with Crippen molar-refractivity contribution in [3.8, 4) is 0 Å². The van der Waals surface area contributed by atoms with Crippen LogP contribution in [-0.2, 0) is 6.54 Å². The normalized spacial score (nSPS) is 10.8.